The number of nitrogens with one attached hydrogen (secondary N) is 1. The van der Waals surface area contributed by atoms with Gasteiger partial charge >= 0.3 is 0 Å². The Labute approximate surface area is 127 Å². The highest BCUT2D eigenvalue weighted by molar-refractivity contribution is 5.51. The monoisotopic (exact) mass is 283 g/mol. The molecule has 21 heavy (non-hydrogen) atoms. The van der Waals surface area contributed by atoms with Gasteiger partial charge < -0.3 is 10.1 Å². The minimum Gasteiger partial charge on any atom is -0.493 e. The first-order valence-corrected chi connectivity index (χ1v) is 8.49. The fourth-order valence-electron chi connectivity index (χ4n) is 4.88. The molecule has 2 heteroatoms. The van der Waals surface area contributed by atoms with E-state index >= 15 is 0 Å². The summed E-state index contributed by atoms with van der Waals surface area (Å²) in [5.74, 6) is 1.91. The normalized spacial score (nSPS) is 33.2. The standard InChI is InChI=1S/C19H25NO/c1-2-12-21-17-8-5-6-14-13-16-15-7-3-4-9-19(15,18(14)17)10-11-20-16/h3-6,8,15-16,20H,2,7,9-13H2,1H3/t15-,16+,19+/m0/s1. The fourth-order valence-corrected chi connectivity index (χ4v) is 4.88. The van der Waals surface area contributed by atoms with Gasteiger partial charge in [-0.3, -0.25) is 0 Å². The zero-order chi connectivity index (χ0) is 14.3. The van der Waals surface area contributed by atoms with Gasteiger partial charge in [0.2, 0.25) is 0 Å². The van der Waals surface area contributed by atoms with E-state index in [1.165, 1.54) is 31.2 Å². The largest absolute Gasteiger partial charge is 0.493 e. The lowest BCUT2D eigenvalue weighted by Crippen LogP contribution is -2.58. The molecule has 1 fully saturated rings. The quantitative estimate of drug-likeness (QED) is 0.856. The van der Waals surface area contributed by atoms with E-state index in [1.54, 1.807) is 5.56 Å². The van der Waals surface area contributed by atoms with Crippen molar-refractivity contribution < 1.29 is 4.74 Å². The second kappa shape index (κ2) is 5.17. The van der Waals surface area contributed by atoms with E-state index in [4.69, 9.17) is 4.74 Å². The lowest BCUT2D eigenvalue weighted by atomic mass is 9.54. The van der Waals surface area contributed by atoms with Crippen LogP contribution in [-0.2, 0) is 11.8 Å². The maximum absolute atomic E-state index is 6.14. The number of piperidine rings is 1. The van der Waals surface area contributed by atoms with Crippen LogP contribution in [-0.4, -0.2) is 19.2 Å². The summed E-state index contributed by atoms with van der Waals surface area (Å²) >= 11 is 0. The van der Waals surface area contributed by atoms with Crippen molar-refractivity contribution >= 4 is 0 Å². The van der Waals surface area contributed by atoms with Gasteiger partial charge in [0.1, 0.15) is 5.75 Å². The van der Waals surface area contributed by atoms with Crippen LogP contribution in [0.4, 0.5) is 0 Å². The third-order valence-electron chi connectivity index (χ3n) is 5.72. The van der Waals surface area contributed by atoms with Crippen LogP contribution in [0, 0.1) is 5.92 Å². The summed E-state index contributed by atoms with van der Waals surface area (Å²) in [6.45, 7) is 4.16. The van der Waals surface area contributed by atoms with Gasteiger partial charge in [-0.2, -0.15) is 0 Å². The van der Waals surface area contributed by atoms with Gasteiger partial charge in [0, 0.05) is 17.0 Å². The predicted octanol–water partition coefficient (Wildman–Crippen LogP) is 3.60. The fraction of sp³-hybridized carbons (Fsp3) is 0.579. The Kier molecular flexibility index (Phi) is 3.30. The van der Waals surface area contributed by atoms with Gasteiger partial charge in [-0.1, -0.05) is 31.2 Å². The molecule has 1 saturated heterocycles. The number of benzene rings is 1. The summed E-state index contributed by atoms with van der Waals surface area (Å²) < 4.78 is 6.14. The molecule has 4 rings (SSSR count). The van der Waals surface area contributed by atoms with E-state index in [0.29, 0.717) is 11.5 Å². The zero-order valence-electron chi connectivity index (χ0n) is 12.9. The maximum atomic E-state index is 6.14. The molecule has 1 N–H and O–H groups in total. The Balaban J connectivity index is 1.85. The average Bonchev–Trinajstić information content (AvgIpc) is 2.52. The van der Waals surface area contributed by atoms with Crippen LogP contribution in [0.25, 0.3) is 0 Å². The molecule has 2 nitrogen and oxygen atoms in total. The molecule has 0 aromatic heterocycles. The Bertz CT molecular complexity index is 565. The number of fused-ring (bicyclic) bond motifs is 1. The van der Waals surface area contributed by atoms with E-state index in [-0.39, 0.29) is 0 Å². The lowest BCUT2D eigenvalue weighted by Gasteiger charge is -2.54. The Morgan fingerprint density at radius 1 is 1.33 bits per heavy atom. The topological polar surface area (TPSA) is 21.3 Å². The molecule has 1 heterocycles. The van der Waals surface area contributed by atoms with Crippen molar-refractivity contribution in [3.63, 3.8) is 0 Å². The van der Waals surface area contributed by atoms with E-state index in [0.717, 1.165) is 31.2 Å². The van der Waals surface area contributed by atoms with Crippen LogP contribution in [0.1, 0.15) is 43.7 Å². The number of rotatable bonds is 3. The minimum atomic E-state index is 0.322. The second-order valence-electron chi connectivity index (χ2n) is 6.83. The highest BCUT2D eigenvalue weighted by Gasteiger charge is 2.51. The number of ether oxygens (including phenoxy) is 1. The molecule has 112 valence electrons. The Morgan fingerprint density at radius 3 is 3.19 bits per heavy atom. The molecule has 0 amide bonds. The van der Waals surface area contributed by atoms with Gasteiger partial charge in [0.25, 0.3) is 0 Å². The molecule has 1 aliphatic heterocycles. The summed E-state index contributed by atoms with van der Waals surface area (Å²) in [6.07, 6.45) is 10.7. The molecule has 2 bridgehead atoms. The molecule has 1 aromatic rings. The lowest BCUT2D eigenvalue weighted by molar-refractivity contribution is 0.118. The van der Waals surface area contributed by atoms with Gasteiger partial charge in [-0.15, -0.1) is 0 Å². The van der Waals surface area contributed by atoms with Crippen molar-refractivity contribution in [1.82, 2.24) is 5.32 Å². The number of hydrogen-bond donors (Lipinski definition) is 1. The molecule has 0 unspecified atom stereocenters. The van der Waals surface area contributed by atoms with Gasteiger partial charge in [0.15, 0.2) is 0 Å². The summed E-state index contributed by atoms with van der Waals surface area (Å²) in [6, 6.07) is 7.35. The third kappa shape index (κ3) is 1.96. The smallest absolute Gasteiger partial charge is 0.123 e. The summed E-state index contributed by atoms with van der Waals surface area (Å²) in [4.78, 5) is 0. The Hall–Kier alpha value is -1.28. The average molecular weight is 283 g/mol. The molecule has 0 spiro atoms. The van der Waals surface area contributed by atoms with Crippen LogP contribution >= 0.6 is 0 Å². The SMILES string of the molecule is CCCOc1cccc2c1[C@@]13CC=CC[C@H]1[C@@H](C2)NCC3. The van der Waals surface area contributed by atoms with Crippen molar-refractivity contribution in [3.05, 3.63) is 41.5 Å². The van der Waals surface area contributed by atoms with Crippen LogP contribution in [0.2, 0.25) is 0 Å². The van der Waals surface area contributed by atoms with E-state index in [9.17, 15) is 0 Å². The number of hydrogen-bond acceptors (Lipinski definition) is 2. The van der Waals surface area contributed by atoms with Crippen molar-refractivity contribution in [2.75, 3.05) is 13.2 Å². The third-order valence-corrected chi connectivity index (χ3v) is 5.72. The van der Waals surface area contributed by atoms with Crippen LogP contribution < -0.4 is 10.1 Å². The van der Waals surface area contributed by atoms with Crippen molar-refractivity contribution in [1.29, 1.82) is 0 Å². The Morgan fingerprint density at radius 2 is 2.29 bits per heavy atom. The van der Waals surface area contributed by atoms with Gasteiger partial charge in [-0.25, -0.2) is 0 Å². The first-order chi connectivity index (χ1) is 10.3. The van der Waals surface area contributed by atoms with E-state index in [2.05, 4.69) is 42.6 Å². The number of allylic oxidation sites excluding steroid dienone is 2. The van der Waals surface area contributed by atoms with E-state index in [1.807, 2.05) is 0 Å². The first kappa shape index (κ1) is 13.4. The predicted molar refractivity (Wildman–Crippen MR) is 85.9 cm³/mol. The van der Waals surface area contributed by atoms with Crippen LogP contribution in [0.3, 0.4) is 0 Å². The molecular formula is C19H25NO. The summed E-state index contributed by atoms with van der Waals surface area (Å²) in [5.41, 5.74) is 3.39. The molecule has 1 aromatic carbocycles. The zero-order valence-corrected chi connectivity index (χ0v) is 12.9. The first-order valence-electron chi connectivity index (χ1n) is 8.49. The van der Waals surface area contributed by atoms with Gasteiger partial charge in [-0.05, 0) is 56.2 Å². The maximum Gasteiger partial charge on any atom is 0.123 e. The molecule has 0 radical (unpaired) electrons. The molecule has 0 saturated carbocycles. The van der Waals surface area contributed by atoms with Crippen LogP contribution in [0.15, 0.2) is 30.4 Å². The molecule has 3 aliphatic rings. The van der Waals surface area contributed by atoms with Crippen LogP contribution in [0.5, 0.6) is 5.75 Å². The summed E-state index contributed by atoms with van der Waals surface area (Å²) in [5, 5.41) is 3.77. The highest BCUT2D eigenvalue weighted by Crippen LogP contribution is 2.54. The van der Waals surface area contributed by atoms with E-state index < -0.39 is 0 Å². The second-order valence-corrected chi connectivity index (χ2v) is 6.83. The molecular weight excluding hydrogens is 258 g/mol. The van der Waals surface area contributed by atoms with Crippen molar-refractivity contribution in [2.24, 2.45) is 5.92 Å². The highest BCUT2D eigenvalue weighted by atomic mass is 16.5. The summed E-state index contributed by atoms with van der Waals surface area (Å²) in [7, 11) is 0. The van der Waals surface area contributed by atoms with Crippen molar-refractivity contribution in [2.45, 2.75) is 50.5 Å². The molecule has 2 aliphatic carbocycles. The van der Waals surface area contributed by atoms with Crippen molar-refractivity contribution in [3.8, 4) is 5.75 Å². The minimum absolute atomic E-state index is 0.322. The molecule has 3 atom stereocenters. The van der Waals surface area contributed by atoms with Gasteiger partial charge in [0.05, 0.1) is 6.61 Å².